The molecule has 12 heteroatoms. The van der Waals surface area contributed by atoms with Crippen LogP contribution >= 0.6 is 0 Å². The van der Waals surface area contributed by atoms with Crippen LogP contribution in [0, 0.1) is 23.3 Å². The molecule has 1 aliphatic rings. The number of fused-ring (bicyclic) bond motifs is 2. The fraction of sp³-hybridized carbons (Fsp3) is 0.148. The van der Waals surface area contributed by atoms with Crippen molar-refractivity contribution in [3.8, 4) is 17.1 Å². The standard InChI is InChI=1S/C27H19F4N7O/c1-27(2)21-23(32)34-26(36-24(21)35-25(27)39)38-20-6-3-12(13-7-14(28)11-33-10-13)8-16(20)19(37-38)9-15-17(29)4-5-18(30)22(15)31/h3-8,10-11H,9H2,1-2H3,(H3,32,34,35,36,39). The monoisotopic (exact) mass is 533 g/mol. The molecule has 0 radical (unpaired) electrons. The first kappa shape index (κ1) is 24.5. The molecule has 0 aliphatic carbocycles. The SMILES string of the molecule is CC1(C)C(=O)Nc2nc(-n3nc(Cc4c(F)ccc(F)c4F)c4cc(-c5cncc(F)c5)ccc43)nc(N)c21. The van der Waals surface area contributed by atoms with Crippen molar-refractivity contribution in [1.82, 2.24) is 24.7 Å². The third-order valence-corrected chi connectivity index (χ3v) is 6.82. The maximum Gasteiger partial charge on any atom is 0.255 e. The number of pyridine rings is 1. The lowest BCUT2D eigenvalue weighted by Gasteiger charge is -2.16. The molecule has 0 fully saturated rings. The highest BCUT2D eigenvalue weighted by molar-refractivity contribution is 6.06. The van der Waals surface area contributed by atoms with Crippen molar-refractivity contribution in [3.63, 3.8) is 0 Å². The van der Waals surface area contributed by atoms with Gasteiger partial charge in [-0.3, -0.25) is 9.78 Å². The summed E-state index contributed by atoms with van der Waals surface area (Å²) in [7, 11) is 0. The molecule has 0 saturated heterocycles. The zero-order valence-electron chi connectivity index (χ0n) is 20.6. The van der Waals surface area contributed by atoms with Crippen molar-refractivity contribution < 1.29 is 22.4 Å². The Kier molecular flexibility index (Phi) is 5.38. The van der Waals surface area contributed by atoms with E-state index in [1.807, 2.05) is 0 Å². The summed E-state index contributed by atoms with van der Waals surface area (Å²) in [6.07, 6.45) is 2.12. The average molecular weight is 533 g/mol. The largest absolute Gasteiger partial charge is 0.383 e. The second kappa shape index (κ2) is 8.58. The molecule has 5 aromatic rings. The van der Waals surface area contributed by atoms with Crippen LogP contribution < -0.4 is 11.1 Å². The number of carbonyl (C=O) groups is 1. The first-order valence-electron chi connectivity index (χ1n) is 11.8. The number of nitrogens with two attached hydrogens (primary N) is 1. The molecule has 196 valence electrons. The average Bonchev–Trinajstić information content (AvgIpc) is 3.37. The van der Waals surface area contributed by atoms with Gasteiger partial charge in [0.15, 0.2) is 11.6 Å². The first-order chi connectivity index (χ1) is 18.5. The van der Waals surface area contributed by atoms with Gasteiger partial charge in [0.05, 0.1) is 28.4 Å². The summed E-state index contributed by atoms with van der Waals surface area (Å²) in [5.74, 6) is -4.02. The van der Waals surface area contributed by atoms with E-state index in [9.17, 15) is 22.4 Å². The smallest absolute Gasteiger partial charge is 0.255 e. The van der Waals surface area contributed by atoms with Gasteiger partial charge in [-0.05, 0) is 49.7 Å². The Morgan fingerprint density at radius 2 is 1.74 bits per heavy atom. The zero-order valence-corrected chi connectivity index (χ0v) is 20.6. The molecule has 4 heterocycles. The number of hydrogen-bond acceptors (Lipinski definition) is 6. The quantitative estimate of drug-likeness (QED) is 0.253. The molecule has 1 aliphatic heterocycles. The Balaban J connectivity index is 1.57. The van der Waals surface area contributed by atoms with Gasteiger partial charge in [0.2, 0.25) is 5.91 Å². The number of hydrogen-bond donors (Lipinski definition) is 2. The predicted molar refractivity (Wildman–Crippen MR) is 135 cm³/mol. The number of nitrogens with zero attached hydrogens (tertiary/aromatic N) is 5. The van der Waals surface area contributed by atoms with Crippen LogP contribution in [0.1, 0.15) is 30.7 Å². The van der Waals surface area contributed by atoms with Gasteiger partial charge < -0.3 is 11.1 Å². The molecule has 39 heavy (non-hydrogen) atoms. The summed E-state index contributed by atoms with van der Waals surface area (Å²) in [6, 6.07) is 7.83. The second-order valence-corrected chi connectivity index (χ2v) is 9.69. The lowest BCUT2D eigenvalue weighted by Crippen LogP contribution is -2.27. The van der Waals surface area contributed by atoms with E-state index < -0.39 is 40.7 Å². The highest BCUT2D eigenvalue weighted by Crippen LogP contribution is 2.40. The summed E-state index contributed by atoms with van der Waals surface area (Å²) >= 11 is 0. The van der Waals surface area contributed by atoms with Gasteiger partial charge in [-0.2, -0.15) is 19.7 Å². The number of amides is 1. The van der Waals surface area contributed by atoms with E-state index in [1.165, 1.54) is 16.9 Å². The van der Waals surface area contributed by atoms with E-state index >= 15 is 0 Å². The van der Waals surface area contributed by atoms with E-state index in [0.717, 1.165) is 12.3 Å². The molecular formula is C27H19F4N7O. The minimum atomic E-state index is -1.33. The number of halogens is 4. The Labute approximate surface area is 218 Å². The van der Waals surface area contributed by atoms with Gasteiger partial charge in [-0.15, -0.1) is 0 Å². The normalized spacial score (nSPS) is 14.1. The Hall–Kier alpha value is -4.87. The van der Waals surface area contributed by atoms with Crippen molar-refractivity contribution in [1.29, 1.82) is 0 Å². The molecule has 0 unspecified atom stereocenters. The molecule has 3 aromatic heterocycles. The molecule has 3 N–H and O–H groups in total. The molecule has 0 spiro atoms. The molecule has 6 rings (SSSR count). The van der Waals surface area contributed by atoms with Crippen LogP contribution in [0.3, 0.4) is 0 Å². The summed E-state index contributed by atoms with van der Waals surface area (Å²) in [4.78, 5) is 25.2. The van der Waals surface area contributed by atoms with Gasteiger partial charge in [0.25, 0.3) is 5.95 Å². The van der Waals surface area contributed by atoms with Crippen LogP contribution in [0.25, 0.3) is 28.0 Å². The van der Waals surface area contributed by atoms with Crippen LogP contribution in [0.5, 0.6) is 0 Å². The summed E-state index contributed by atoms with van der Waals surface area (Å²) < 4.78 is 58.3. The highest BCUT2D eigenvalue weighted by atomic mass is 19.2. The topological polar surface area (TPSA) is 112 Å². The summed E-state index contributed by atoms with van der Waals surface area (Å²) in [5.41, 5.74) is 6.82. The minimum absolute atomic E-state index is 0.000795. The Morgan fingerprint density at radius 1 is 0.974 bits per heavy atom. The minimum Gasteiger partial charge on any atom is -0.383 e. The van der Waals surface area contributed by atoms with E-state index in [1.54, 1.807) is 32.0 Å². The zero-order chi connectivity index (χ0) is 27.6. The number of rotatable bonds is 4. The van der Waals surface area contributed by atoms with Gasteiger partial charge in [-0.1, -0.05) is 6.07 Å². The van der Waals surface area contributed by atoms with Crippen molar-refractivity contribution >= 4 is 28.4 Å². The van der Waals surface area contributed by atoms with Crippen LogP contribution in [0.4, 0.5) is 29.2 Å². The number of nitrogen functional groups attached to an aromatic ring is 1. The van der Waals surface area contributed by atoms with Gasteiger partial charge in [-0.25, -0.2) is 17.6 Å². The number of nitrogens with one attached hydrogen (secondary N) is 1. The Bertz CT molecular complexity index is 1830. The van der Waals surface area contributed by atoms with E-state index in [-0.39, 0.29) is 29.2 Å². The van der Waals surface area contributed by atoms with Crippen LogP contribution in [0.2, 0.25) is 0 Å². The third kappa shape index (κ3) is 3.87. The maximum absolute atomic E-state index is 14.6. The third-order valence-electron chi connectivity index (χ3n) is 6.82. The van der Waals surface area contributed by atoms with Crippen LogP contribution in [-0.4, -0.2) is 30.6 Å². The molecule has 1 amide bonds. The number of aromatic nitrogens is 5. The second-order valence-electron chi connectivity index (χ2n) is 9.69. The van der Waals surface area contributed by atoms with Crippen molar-refractivity contribution in [2.75, 3.05) is 11.1 Å². The van der Waals surface area contributed by atoms with E-state index in [0.29, 0.717) is 33.7 Å². The van der Waals surface area contributed by atoms with Crippen LogP contribution in [-0.2, 0) is 16.6 Å². The number of benzene rings is 2. The van der Waals surface area contributed by atoms with Gasteiger partial charge in [0, 0.05) is 29.1 Å². The number of carbonyl (C=O) groups excluding carboxylic acids is 1. The number of anilines is 2. The van der Waals surface area contributed by atoms with Gasteiger partial charge in [0.1, 0.15) is 23.3 Å². The van der Waals surface area contributed by atoms with E-state index in [2.05, 4.69) is 25.4 Å². The fourth-order valence-corrected chi connectivity index (χ4v) is 4.76. The predicted octanol–water partition coefficient (Wildman–Crippen LogP) is 4.84. The molecule has 0 bridgehead atoms. The van der Waals surface area contributed by atoms with Crippen molar-refractivity contribution in [2.45, 2.75) is 25.7 Å². The fourth-order valence-electron chi connectivity index (χ4n) is 4.76. The molecule has 2 aromatic carbocycles. The van der Waals surface area contributed by atoms with Crippen molar-refractivity contribution in [3.05, 3.63) is 88.9 Å². The molecular weight excluding hydrogens is 514 g/mol. The first-order valence-corrected chi connectivity index (χ1v) is 11.8. The van der Waals surface area contributed by atoms with Gasteiger partial charge >= 0.3 is 0 Å². The van der Waals surface area contributed by atoms with E-state index in [4.69, 9.17) is 5.73 Å². The summed E-state index contributed by atoms with van der Waals surface area (Å²) in [6.45, 7) is 3.39. The van der Waals surface area contributed by atoms with Crippen molar-refractivity contribution in [2.24, 2.45) is 0 Å². The molecule has 0 saturated carbocycles. The lowest BCUT2D eigenvalue weighted by molar-refractivity contribution is -0.119. The Morgan fingerprint density at radius 3 is 2.51 bits per heavy atom. The maximum atomic E-state index is 14.6. The highest BCUT2D eigenvalue weighted by Gasteiger charge is 2.42. The molecule has 8 nitrogen and oxygen atoms in total. The molecule has 0 atom stereocenters. The lowest BCUT2D eigenvalue weighted by atomic mass is 9.87. The summed E-state index contributed by atoms with van der Waals surface area (Å²) in [5, 5.41) is 7.64. The van der Waals surface area contributed by atoms with Crippen LogP contribution in [0.15, 0.2) is 48.8 Å².